The van der Waals surface area contributed by atoms with Gasteiger partial charge in [-0.2, -0.15) is 0 Å². The van der Waals surface area contributed by atoms with Crippen LogP contribution in [0.25, 0.3) is 6.08 Å². The summed E-state index contributed by atoms with van der Waals surface area (Å²) in [6.45, 7) is 2.97. The summed E-state index contributed by atoms with van der Waals surface area (Å²) in [5, 5.41) is 0.0770. The molecule has 0 aliphatic heterocycles. The van der Waals surface area contributed by atoms with E-state index in [1.165, 1.54) is 43.8 Å². The number of hydrogen-bond donors (Lipinski definition) is 0. The lowest BCUT2D eigenvalue weighted by atomic mass is 10.1. The van der Waals surface area contributed by atoms with Crippen molar-refractivity contribution < 1.29 is 14.0 Å². The van der Waals surface area contributed by atoms with E-state index < -0.39 is 0 Å². The third-order valence-electron chi connectivity index (χ3n) is 2.29. The second kappa shape index (κ2) is 7.11. The lowest BCUT2D eigenvalue weighted by Crippen LogP contribution is -1.94. The van der Waals surface area contributed by atoms with Crippen LogP contribution in [0.1, 0.15) is 36.2 Å². The highest BCUT2D eigenvalue weighted by Crippen LogP contribution is 2.14. The van der Waals surface area contributed by atoms with E-state index in [0.717, 1.165) is 0 Å². The number of ketones is 1. The van der Waals surface area contributed by atoms with Crippen molar-refractivity contribution in [3.63, 3.8) is 0 Å². The molecule has 0 atom stereocenters. The average molecular weight is 266 g/mol. The molecule has 0 saturated heterocycles. The fourth-order valence-electron chi connectivity index (χ4n) is 1.37. The number of benzene rings is 1. The molecular weight excluding hydrogens is 251 g/mol. The first-order valence-electron chi connectivity index (χ1n) is 5.61. The van der Waals surface area contributed by atoms with E-state index in [1.54, 1.807) is 12.2 Å². The molecule has 0 unspecified atom stereocenters. The van der Waals surface area contributed by atoms with Crippen LogP contribution in [0.15, 0.2) is 24.3 Å². The van der Waals surface area contributed by atoms with Gasteiger partial charge in [-0.15, -0.1) is 0 Å². The van der Waals surface area contributed by atoms with Crippen LogP contribution in [-0.2, 0) is 4.79 Å². The summed E-state index contributed by atoms with van der Waals surface area (Å²) in [6.07, 6.45) is 4.13. The van der Waals surface area contributed by atoms with Crippen LogP contribution in [-0.4, -0.2) is 16.7 Å². The quantitative estimate of drug-likeness (QED) is 0.602. The van der Waals surface area contributed by atoms with Gasteiger partial charge in [0.2, 0.25) is 0 Å². The third-order valence-corrected chi connectivity index (χ3v) is 3.14. The van der Waals surface area contributed by atoms with Crippen LogP contribution in [0.5, 0.6) is 0 Å². The van der Waals surface area contributed by atoms with Crippen molar-refractivity contribution in [3.05, 3.63) is 41.2 Å². The molecule has 2 nitrogen and oxygen atoms in total. The number of allylic oxidation sites excluding steroid dienone is 1. The molecule has 0 spiro atoms. The summed E-state index contributed by atoms with van der Waals surface area (Å²) in [5.74, 6) is 0.243. The van der Waals surface area contributed by atoms with Crippen LogP contribution < -0.4 is 0 Å². The zero-order chi connectivity index (χ0) is 13.5. The Balaban J connectivity index is 2.65. The molecule has 4 heteroatoms. The first-order valence-corrected chi connectivity index (χ1v) is 6.59. The molecule has 18 heavy (non-hydrogen) atoms. The molecule has 0 N–H and O–H groups in total. The van der Waals surface area contributed by atoms with Crippen LogP contribution >= 0.6 is 11.8 Å². The topological polar surface area (TPSA) is 34.1 Å². The van der Waals surface area contributed by atoms with Crippen molar-refractivity contribution in [2.45, 2.75) is 20.3 Å². The van der Waals surface area contributed by atoms with E-state index in [2.05, 4.69) is 0 Å². The maximum Gasteiger partial charge on any atom is 0.185 e. The lowest BCUT2D eigenvalue weighted by Gasteiger charge is -2.00. The number of hydrogen-bond acceptors (Lipinski definition) is 3. The van der Waals surface area contributed by atoms with E-state index in [-0.39, 0.29) is 16.7 Å². The van der Waals surface area contributed by atoms with Gasteiger partial charge in [-0.25, -0.2) is 4.39 Å². The van der Waals surface area contributed by atoms with Gasteiger partial charge in [-0.3, -0.25) is 9.59 Å². The minimum Gasteiger partial charge on any atom is -0.295 e. The fourth-order valence-corrected chi connectivity index (χ4v) is 1.91. The summed E-state index contributed by atoms with van der Waals surface area (Å²) in [6, 6.07) is 4.30. The van der Waals surface area contributed by atoms with E-state index in [0.29, 0.717) is 23.3 Å². The first-order chi connectivity index (χ1) is 8.50. The number of rotatable bonds is 5. The highest BCUT2D eigenvalue weighted by Gasteiger charge is 2.03. The van der Waals surface area contributed by atoms with Crippen LogP contribution in [0.2, 0.25) is 0 Å². The van der Waals surface area contributed by atoms with Gasteiger partial charge >= 0.3 is 0 Å². The van der Waals surface area contributed by atoms with Crippen molar-refractivity contribution in [3.8, 4) is 0 Å². The molecular formula is C14H15FO2S. The van der Waals surface area contributed by atoms with Gasteiger partial charge in [0.05, 0.1) is 0 Å². The average Bonchev–Trinajstić information content (AvgIpc) is 2.30. The van der Waals surface area contributed by atoms with Gasteiger partial charge in [-0.1, -0.05) is 23.9 Å². The first kappa shape index (κ1) is 14.6. The Bertz CT molecular complexity index is 481. The van der Waals surface area contributed by atoms with Gasteiger partial charge in [0.1, 0.15) is 5.82 Å². The van der Waals surface area contributed by atoms with Crippen molar-refractivity contribution in [1.82, 2.24) is 0 Å². The second-order valence-corrected chi connectivity index (χ2v) is 5.10. The molecule has 0 saturated carbocycles. The second-order valence-electron chi connectivity index (χ2n) is 3.82. The minimum absolute atomic E-state index is 0.0770. The number of thioether (sulfide) groups is 1. The van der Waals surface area contributed by atoms with E-state index in [1.807, 2.05) is 0 Å². The zero-order valence-corrected chi connectivity index (χ0v) is 11.2. The van der Waals surface area contributed by atoms with Crippen molar-refractivity contribution >= 4 is 28.7 Å². The normalized spacial score (nSPS) is 10.8. The predicted octanol–water partition coefficient (Wildman–Crippen LogP) is 3.71. The van der Waals surface area contributed by atoms with E-state index in [4.69, 9.17) is 0 Å². The number of carbonyl (C=O) groups excluding carboxylic acids is 2. The lowest BCUT2D eigenvalue weighted by molar-refractivity contribution is -0.109. The Morgan fingerprint density at radius 1 is 1.33 bits per heavy atom. The molecule has 0 radical (unpaired) electrons. The summed E-state index contributed by atoms with van der Waals surface area (Å²) in [4.78, 5) is 21.9. The smallest absolute Gasteiger partial charge is 0.185 e. The molecule has 0 aliphatic rings. The van der Waals surface area contributed by atoms with Gasteiger partial charge in [0.15, 0.2) is 10.9 Å². The number of halogens is 1. The zero-order valence-electron chi connectivity index (χ0n) is 10.4. The predicted molar refractivity (Wildman–Crippen MR) is 73.2 cm³/mol. The van der Waals surface area contributed by atoms with E-state index >= 15 is 0 Å². The fraction of sp³-hybridized carbons (Fsp3) is 0.286. The highest BCUT2D eigenvalue weighted by molar-refractivity contribution is 8.13. The Morgan fingerprint density at radius 3 is 2.67 bits per heavy atom. The van der Waals surface area contributed by atoms with Crippen molar-refractivity contribution in [2.75, 3.05) is 5.75 Å². The molecule has 0 bridgehead atoms. The summed E-state index contributed by atoms with van der Waals surface area (Å²) >= 11 is 1.24. The molecule has 96 valence electrons. The monoisotopic (exact) mass is 266 g/mol. The third kappa shape index (κ3) is 4.84. The maximum atomic E-state index is 13.4. The Labute approximate surface area is 110 Å². The van der Waals surface area contributed by atoms with Crippen LogP contribution in [0.3, 0.4) is 0 Å². The van der Waals surface area contributed by atoms with Crippen molar-refractivity contribution in [2.24, 2.45) is 0 Å². The Morgan fingerprint density at radius 2 is 2.06 bits per heavy atom. The largest absolute Gasteiger partial charge is 0.295 e. The SMILES string of the molecule is CC(=O)SCCC=Cc1cc(C(C)=O)ccc1F. The molecule has 1 aromatic carbocycles. The molecule has 0 aromatic heterocycles. The number of Topliss-reactive ketones (excluding diaryl/α,β-unsaturated/α-hetero) is 1. The van der Waals surface area contributed by atoms with Gasteiger partial charge < -0.3 is 0 Å². The Kier molecular flexibility index (Phi) is 5.78. The van der Waals surface area contributed by atoms with Gasteiger partial charge in [0, 0.05) is 23.8 Å². The number of carbonyl (C=O) groups is 2. The van der Waals surface area contributed by atoms with E-state index in [9.17, 15) is 14.0 Å². The maximum absolute atomic E-state index is 13.4. The molecule has 0 heterocycles. The molecule has 0 aliphatic carbocycles. The highest BCUT2D eigenvalue weighted by atomic mass is 32.2. The molecule has 1 aromatic rings. The summed E-state index contributed by atoms with van der Waals surface area (Å²) in [7, 11) is 0. The standard InChI is InChI=1S/C14H15FO2S/c1-10(16)12-6-7-14(15)13(9-12)5-3-4-8-18-11(2)17/h3,5-7,9H,4,8H2,1-2H3. The van der Waals surface area contributed by atoms with Crippen LogP contribution in [0, 0.1) is 5.82 Å². The van der Waals surface area contributed by atoms with Crippen LogP contribution in [0.4, 0.5) is 4.39 Å². The van der Waals surface area contributed by atoms with Gasteiger partial charge in [0.25, 0.3) is 0 Å². The molecule has 0 fully saturated rings. The Hall–Kier alpha value is -1.42. The summed E-state index contributed by atoms with van der Waals surface area (Å²) in [5.41, 5.74) is 0.893. The molecule has 0 amide bonds. The van der Waals surface area contributed by atoms with Gasteiger partial charge in [-0.05, 0) is 31.5 Å². The molecule has 1 rings (SSSR count). The van der Waals surface area contributed by atoms with Crippen molar-refractivity contribution in [1.29, 1.82) is 0 Å². The summed E-state index contributed by atoms with van der Waals surface area (Å²) < 4.78 is 13.4. The minimum atomic E-state index is -0.351.